The second-order valence-corrected chi connectivity index (χ2v) is 5.29. The van der Waals surface area contributed by atoms with E-state index in [-0.39, 0.29) is 0 Å². The van der Waals surface area contributed by atoms with E-state index < -0.39 is 0 Å². The molecule has 0 bridgehead atoms. The smallest absolute Gasteiger partial charge is 0.131 e. The summed E-state index contributed by atoms with van der Waals surface area (Å²) in [5.74, 6) is 1.92. The molecule has 1 aliphatic heterocycles. The molecule has 0 spiro atoms. The molecule has 0 aliphatic carbocycles. The Morgan fingerprint density at radius 1 is 0.842 bits per heavy atom. The van der Waals surface area contributed by atoms with Crippen LogP contribution in [-0.2, 0) is 6.42 Å². The highest BCUT2D eigenvalue weighted by molar-refractivity contribution is 7.80. The van der Waals surface area contributed by atoms with Gasteiger partial charge in [0.05, 0.1) is 0 Å². The standard InChI is InChI=1S/C17H12OS/c19-16-7-3-5-11-8-9-15-13(17(11)16)10-12-4-1-2-6-14(12)18-15/h1-9,19H,10H2. The third-order valence-electron chi connectivity index (χ3n) is 3.65. The zero-order valence-electron chi connectivity index (χ0n) is 10.3. The molecule has 1 aliphatic rings. The highest BCUT2D eigenvalue weighted by Gasteiger charge is 2.19. The molecule has 0 unspecified atom stereocenters. The molecule has 1 heterocycles. The van der Waals surface area contributed by atoms with E-state index in [4.69, 9.17) is 4.74 Å². The first-order chi connectivity index (χ1) is 9.33. The first-order valence-electron chi connectivity index (χ1n) is 6.32. The van der Waals surface area contributed by atoms with Gasteiger partial charge in [0.15, 0.2) is 0 Å². The average molecular weight is 264 g/mol. The quantitative estimate of drug-likeness (QED) is 0.448. The van der Waals surface area contributed by atoms with Crippen LogP contribution in [0.4, 0.5) is 0 Å². The van der Waals surface area contributed by atoms with Crippen LogP contribution in [0.2, 0.25) is 0 Å². The van der Waals surface area contributed by atoms with Gasteiger partial charge in [0.2, 0.25) is 0 Å². The van der Waals surface area contributed by atoms with Gasteiger partial charge in [-0.2, -0.15) is 0 Å². The van der Waals surface area contributed by atoms with Crippen LogP contribution in [0, 0.1) is 0 Å². The van der Waals surface area contributed by atoms with E-state index in [0.29, 0.717) is 0 Å². The lowest BCUT2D eigenvalue weighted by Gasteiger charge is -2.22. The average Bonchev–Trinajstić information content (AvgIpc) is 2.45. The maximum Gasteiger partial charge on any atom is 0.131 e. The summed E-state index contributed by atoms with van der Waals surface area (Å²) in [6, 6.07) is 18.6. The summed E-state index contributed by atoms with van der Waals surface area (Å²) in [6.07, 6.45) is 0.903. The van der Waals surface area contributed by atoms with Gasteiger partial charge in [0.1, 0.15) is 11.5 Å². The maximum absolute atomic E-state index is 6.01. The minimum atomic E-state index is 0.903. The summed E-state index contributed by atoms with van der Waals surface area (Å²) in [6.45, 7) is 0. The van der Waals surface area contributed by atoms with Crippen molar-refractivity contribution in [2.24, 2.45) is 0 Å². The predicted molar refractivity (Wildman–Crippen MR) is 80.5 cm³/mol. The Morgan fingerprint density at radius 2 is 1.74 bits per heavy atom. The predicted octanol–water partition coefficient (Wildman–Crippen LogP) is 4.83. The lowest BCUT2D eigenvalue weighted by atomic mass is 9.95. The lowest BCUT2D eigenvalue weighted by Crippen LogP contribution is -2.03. The van der Waals surface area contributed by atoms with Crippen molar-refractivity contribution >= 4 is 23.4 Å². The number of para-hydroxylation sites is 1. The van der Waals surface area contributed by atoms with E-state index in [1.807, 2.05) is 24.3 Å². The summed E-state index contributed by atoms with van der Waals surface area (Å²) >= 11 is 4.60. The first kappa shape index (κ1) is 10.9. The molecule has 3 aromatic rings. The van der Waals surface area contributed by atoms with Crippen LogP contribution in [0.5, 0.6) is 11.5 Å². The largest absolute Gasteiger partial charge is 0.457 e. The van der Waals surface area contributed by atoms with Crippen LogP contribution in [0.15, 0.2) is 59.5 Å². The van der Waals surface area contributed by atoms with Gasteiger partial charge < -0.3 is 4.74 Å². The molecule has 1 nitrogen and oxygen atoms in total. The molecule has 0 fully saturated rings. The van der Waals surface area contributed by atoms with Crippen LogP contribution in [0.1, 0.15) is 11.1 Å². The zero-order chi connectivity index (χ0) is 12.8. The van der Waals surface area contributed by atoms with Gasteiger partial charge in [-0.15, -0.1) is 12.6 Å². The van der Waals surface area contributed by atoms with Gasteiger partial charge in [-0.25, -0.2) is 0 Å². The Labute approximate surface area is 117 Å². The summed E-state index contributed by atoms with van der Waals surface area (Å²) < 4.78 is 6.01. The van der Waals surface area contributed by atoms with E-state index in [1.165, 1.54) is 21.9 Å². The summed E-state index contributed by atoms with van der Waals surface area (Å²) in [4.78, 5) is 1.01. The third kappa shape index (κ3) is 1.64. The Kier molecular flexibility index (Phi) is 2.32. The number of rotatable bonds is 0. The maximum atomic E-state index is 6.01. The van der Waals surface area contributed by atoms with E-state index in [9.17, 15) is 0 Å². The second-order valence-electron chi connectivity index (χ2n) is 4.80. The van der Waals surface area contributed by atoms with Crippen molar-refractivity contribution in [2.75, 3.05) is 0 Å². The molecule has 0 aromatic heterocycles. The van der Waals surface area contributed by atoms with Gasteiger partial charge in [0, 0.05) is 22.3 Å². The Morgan fingerprint density at radius 3 is 2.68 bits per heavy atom. The minimum Gasteiger partial charge on any atom is -0.457 e. The van der Waals surface area contributed by atoms with Crippen molar-refractivity contribution in [1.29, 1.82) is 0 Å². The monoisotopic (exact) mass is 264 g/mol. The number of ether oxygens (including phenoxy) is 1. The Balaban J connectivity index is 2.01. The van der Waals surface area contributed by atoms with Crippen molar-refractivity contribution in [3.8, 4) is 11.5 Å². The van der Waals surface area contributed by atoms with Crippen LogP contribution < -0.4 is 4.74 Å². The number of hydrogen-bond donors (Lipinski definition) is 1. The summed E-state index contributed by atoms with van der Waals surface area (Å²) in [7, 11) is 0. The van der Waals surface area contributed by atoms with Crippen molar-refractivity contribution in [3.63, 3.8) is 0 Å². The fourth-order valence-electron chi connectivity index (χ4n) is 2.74. The number of thiol groups is 1. The lowest BCUT2D eigenvalue weighted by molar-refractivity contribution is 0.461. The topological polar surface area (TPSA) is 9.23 Å². The van der Waals surface area contributed by atoms with E-state index in [1.54, 1.807) is 0 Å². The molecular weight excluding hydrogens is 252 g/mol. The van der Waals surface area contributed by atoms with Crippen LogP contribution in [0.3, 0.4) is 0 Å². The fraction of sp³-hybridized carbons (Fsp3) is 0.0588. The first-order valence-corrected chi connectivity index (χ1v) is 6.77. The molecule has 0 N–H and O–H groups in total. The van der Waals surface area contributed by atoms with E-state index in [2.05, 4.69) is 43.0 Å². The van der Waals surface area contributed by atoms with Gasteiger partial charge in [-0.3, -0.25) is 0 Å². The van der Waals surface area contributed by atoms with E-state index in [0.717, 1.165) is 22.8 Å². The Hall–Kier alpha value is -1.93. The number of benzene rings is 3. The van der Waals surface area contributed by atoms with Crippen molar-refractivity contribution in [3.05, 3.63) is 65.7 Å². The van der Waals surface area contributed by atoms with Gasteiger partial charge >= 0.3 is 0 Å². The molecular formula is C17H12OS. The van der Waals surface area contributed by atoms with Crippen LogP contribution in [-0.4, -0.2) is 0 Å². The van der Waals surface area contributed by atoms with E-state index >= 15 is 0 Å². The normalized spacial score (nSPS) is 12.7. The molecule has 0 saturated carbocycles. The molecule has 0 amide bonds. The van der Waals surface area contributed by atoms with Crippen molar-refractivity contribution in [1.82, 2.24) is 0 Å². The molecule has 19 heavy (non-hydrogen) atoms. The molecule has 0 atom stereocenters. The highest BCUT2D eigenvalue weighted by atomic mass is 32.1. The van der Waals surface area contributed by atoms with Crippen molar-refractivity contribution < 1.29 is 4.74 Å². The number of fused-ring (bicyclic) bond motifs is 4. The minimum absolute atomic E-state index is 0.903. The van der Waals surface area contributed by atoms with Gasteiger partial charge in [0.25, 0.3) is 0 Å². The zero-order valence-corrected chi connectivity index (χ0v) is 11.2. The molecule has 2 heteroatoms. The van der Waals surface area contributed by atoms with Crippen molar-refractivity contribution in [2.45, 2.75) is 11.3 Å². The molecule has 0 saturated heterocycles. The summed E-state index contributed by atoms with van der Waals surface area (Å²) in [5, 5.41) is 2.42. The second kappa shape index (κ2) is 4.04. The van der Waals surface area contributed by atoms with Crippen LogP contribution in [0.25, 0.3) is 10.8 Å². The van der Waals surface area contributed by atoms with Crippen LogP contribution >= 0.6 is 12.6 Å². The van der Waals surface area contributed by atoms with Gasteiger partial charge in [-0.1, -0.05) is 36.4 Å². The molecule has 92 valence electrons. The molecule has 4 rings (SSSR count). The van der Waals surface area contributed by atoms with Gasteiger partial charge in [-0.05, 0) is 29.1 Å². The fourth-order valence-corrected chi connectivity index (χ4v) is 3.09. The third-order valence-corrected chi connectivity index (χ3v) is 4.02. The molecule has 0 radical (unpaired) electrons. The SMILES string of the molecule is Sc1cccc2ccc3c(c12)Cc1ccccc1O3. The number of hydrogen-bond acceptors (Lipinski definition) is 2. The summed E-state index contributed by atoms with van der Waals surface area (Å²) in [5.41, 5.74) is 2.47. The Bertz CT molecular complexity index is 792. The molecule has 3 aromatic carbocycles. The highest BCUT2D eigenvalue weighted by Crippen LogP contribution is 2.41.